The molecule has 1 fully saturated rings. The number of ether oxygens (including phenoxy) is 1. The Hall–Kier alpha value is -2.68. The monoisotopic (exact) mass is 545 g/mol. The van der Waals surface area contributed by atoms with E-state index in [0.29, 0.717) is 35.8 Å². The van der Waals surface area contributed by atoms with Gasteiger partial charge in [0.25, 0.3) is 5.91 Å². The predicted octanol–water partition coefficient (Wildman–Crippen LogP) is 4.42. The number of amides is 1. The van der Waals surface area contributed by atoms with Crippen molar-refractivity contribution in [1.29, 1.82) is 5.41 Å². The molecule has 0 radical (unpaired) electrons. The number of likely N-dealkylation sites (tertiary alicyclic amines) is 1. The largest absolute Gasteiger partial charge is 0.459 e. The van der Waals surface area contributed by atoms with E-state index in [2.05, 4.69) is 46.9 Å². The van der Waals surface area contributed by atoms with Crippen molar-refractivity contribution >= 4 is 45.9 Å². The van der Waals surface area contributed by atoms with E-state index in [1.165, 1.54) is 16.1 Å². The van der Waals surface area contributed by atoms with E-state index in [1.54, 1.807) is 6.92 Å². The lowest BCUT2D eigenvalue weighted by Gasteiger charge is -2.40. The van der Waals surface area contributed by atoms with Crippen LogP contribution in [-0.4, -0.2) is 42.2 Å². The lowest BCUT2D eigenvalue weighted by Crippen LogP contribution is -2.48. The summed E-state index contributed by atoms with van der Waals surface area (Å²) in [6.07, 6.45) is 0. The first-order valence-corrected chi connectivity index (χ1v) is 11.5. The van der Waals surface area contributed by atoms with Crippen LogP contribution in [0.5, 0.6) is 0 Å². The number of halogens is 1. The molecule has 3 N–H and O–H groups in total. The van der Waals surface area contributed by atoms with E-state index in [4.69, 9.17) is 15.9 Å². The number of nitrogens with one attached hydrogen (secondary N) is 1. The molecule has 1 saturated heterocycles. The summed E-state index contributed by atoms with van der Waals surface area (Å²) in [5.41, 5.74) is 11.9. The Bertz CT molecular complexity index is 1100. The van der Waals surface area contributed by atoms with Crippen LogP contribution in [0.4, 0.5) is 0 Å². The van der Waals surface area contributed by atoms with Crippen molar-refractivity contribution in [2.24, 2.45) is 5.73 Å². The highest BCUT2D eigenvalue weighted by atomic mass is 127. The summed E-state index contributed by atoms with van der Waals surface area (Å²) in [6.45, 7) is 8.14. The second kappa shape index (κ2) is 9.85. The Morgan fingerprint density at radius 3 is 2.28 bits per heavy atom. The third kappa shape index (κ3) is 5.20. The molecule has 32 heavy (non-hydrogen) atoms. The van der Waals surface area contributed by atoms with Gasteiger partial charge in [0.05, 0.1) is 5.71 Å². The van der Waals surface area contributed by atoms with Crippen LogP contribution in [0.2, 0.25) is 0 Å². The molecule has 1 amide bonds. The summed E-state index contributed by atoms with van der Waals surface area (Å²) in [6, 6.07) is 12.2. The molecule has 0 aliphatic carbocycles. The van der Waals surface area contributed by atoms with Crippen molar-refractivity contribution in [3.8, 4) is 0 Å². The van der Waals surface area contributed by atoms with Gasteiger partial charge < -0.3 is 20.8 Å². The normalized spacial score (nSPS) is 14.5. The maximum atomic E-state index is 13.2. The molecule has 168 valence electrons. The number of nitrogens with two attached hydrogens (primary N) is 1. The van der Waals surface area contributed by atoms with Crippen LogP contribution in [0, 0.1) is 22.8 Å². The minimum Gasteiger partial charge on any atom is -0.459 e. The SMILES string of the molecule is CC(=O)OCC(=N)/C(C)=C(\N)c1cc(C(=O)N2CC(c3ccc(I)cc3)C2)c(C)cc1C. The minimum absolute atomic E-state index is 0.00838. The summed E-state index contributed by atoms with van der Waals surface area (Å²) >= 11 is 2.29. The topological polar surface area (TPSA) is 96.5 Å². The van der Waals surface area contributed by atoms with Crippen LogP contribution < -0.4 is 5.73 Å². The molecular weight excluding hydrogens is 517 g/mol. The Labute approximate surface area is 202 Å². The highest BCUT2D eigenvalue weighted by Gasteiger charge is 2.33. The Balaban J connectivity index is 1.80. The van der Waals surface area contributed by atoms with E-state index >= 15 is 0 Å². The first kappa shape index (κ1) is 24.0. The van der Waals surface area contributed by atoms with Crippen LogP contribution in [-0.2, 0) is 9.53 Å². The van der Waals surface area contributed by atoms with E-state index < -0.39 is 5.97 Å². The van der Waals surface area contributed by atoms with Crippen LogP contribution in [0.15, 0.2) is 42.0 Å². The number of aryl methyl sites for hydroxylation is 2. The number of carbonyl (C=O) groups is 2. The molecule has 1 heterocycles. The fourth-order valence-electron chi connectivity index (χ4n) is 3.78. The number of benzene rings is 2. The van der Waals surface area contributed by atoms with Gasteiger partial charge in [-0.1, -0.05) is 18.2 Å². The van der Waals surface area contributed by atoms with Crippen molar-refractivity contribution in [3.63, 3.8) is 0 Å². The van der Waals surface area contributed by atoms with Gasteiger partial charge in [0.1, 0.15) is 6.61 Å². The molecule has 0 unspecified atom stereocenters. The number of hydrogen-bond acceptors (Lipinski definition) is 5. The molecule has 7 heteroatoms. The number of rotatable bonds is 6. The van der Waals surface area contributed by atoms with Crippen molar-refractivity contribution in [2.75, 3.05) is 19.7 Å². The molecule has 1 aliphatic rings. The fraction of sp³-hybridized carbons (Fsp3) is 0.320. The average Bonchev–Trinajstić information content (AvgIpc) is 2.71. The number of carbonyl (C=O) groups excluding carboxylic acids is 2. The highest BCUT2D eigenvalue weighted by Crippen LogP contribution is 2.31. The second-order valence-corrected chi connectivity index (χ2v) is 9.48. The number of nitrogens with zero attached hydrogens (tertiary/aromatic N) is 1. The van der Waals surface area contributed by atoms with Crippen LogP contribution in [0.3, 0.4) is 0 Å². The van der Waals surface area contributed by atoms with Gasteiger partial charge in [-0.25, -0.2) is 0 Å². The first-order chi connectivity index (χ1) is 15.1. The maximum Gasteiger partial charge on any atom is 0.303 e. The molecule has 3 rings (SSSR count). The van der Waals surface area contributed by atoms with Gasteiger partial charge >= 0.3 is 5.97 Å². The number of esters is 1. The van der Waals surface area contributed by atoms with Gasteiger partial charge in [-0.2, -0.15) is 0 Å². The smallest absolute Gasteiger partial charge is 0.303 e. The van der Waals surface area contributed by atoms with Crippen LogP contribution in [0.25, 0.3) is 5.70 Å². The molecule has 0 saturated carbocycles. The first-order valence-electron chi connectivity index (χ1n) is 10.4. The molecule has 0 aromatic heterocycles. The summed E-state index contributed by atoms with van der Waals surface area (Å²) in [5.74, 6) is -0.0975. The van der Waals surface area contributed by atoms with Gasteiger partial charge in [0.2, 0.25) is 0 Å². The van der Waals surface area contributed by atoms with Crippen molar-refractivity contribution in [3.05, 3.63) is 73.4 Å². The van der Waals surface area contributed by atoms with Gasteiger partial charge in [-0.15, -0.1) is 0 Å². The van der Waals surface area contributed by atoms with Gasteiger partial charge in [-0.3, -0.25) is 9.59 Å². The van der Waals surface area contributed by atoms with Crippen molar-refractivity contribution in [1.82, 2.24) is 4.90 Å². The average molecular weight is 545 g/mol. The van der Waals surface area contributed by atoms with Crippen molar-refractivity contribution in [2.45, 2.75) is 33.6 Å². The minimum atomic E-state index is -0.446. The second-order valence-electron chi connectivity index (χ2n) is 8.24. The molecule has 6 nitrogen and oxygen atoms in total. The van der Waals surface area contributed by atoms with E-state index in [9.17, 15) is 9.59 Å². The molecule has 2 aromatic carbocycles. The van der Waals surface area contributed by atoms with Gasteiger partial charge in [0, 0.05) is 46.3 Å². The highest BCUT2D eigenvalue weighted by molar-refractivity contribution is 14.1. The lowest BCUT2D eigenvalue weighted by molar-refractivity contribution is -0.139. The third-order valence-corrected chi connectivity index (χ3v) is 6.60. The molecule has 0 spiro atoms. The zero-order chi connectivity index (χ0) is 23.6. The summed E-state index contributed by atoms with van der Waals surface area (Å²) in [7, 11) is 0. The zero-order valence-electron chi connectivity index (χ0n) is 18.8. The fourth-order valence-corrected chi connectivity index (χ4v) is 4.14. The molecule has 1 aliphatic heterocycles. The van der Waals surface area contributed by atoms with E-state index in [1.807, 2.05) is 30.9 Å². The van der Waals surface area contributed by atoms with Gasteiger partial charge in [-0.05, 0) is 83.8 Å². The Morgan fingerprint density at radius 1 is 1.09 bits per heavy atom. The van der Waals surface area contributed by atoms with Crippen molar-refractivity contribution < 1.29 is 14.3 Å². The zero-order valence-corrected chi connectivity index (χ0v) is 20.9. The summed E-state index contributed by atoms with van der Waals surface area (Å²) < 4.78 is 6.11. The Morgan fingerprint density at radius 2 is 1.69 bits per heavy atom. The molecular formula is C25H28IN3O3. The maximum absolute atomic E-state index is 13.2. The predicted molar refractivity (Wildman–Crippen MR) is 135 cm³/mol. The number of hydrogen-bond donors (Lipinski definition) is 2. The van der Waals surface area contributed by atoms with E-state index in [-0.39, 0.29) is 18.2 Å². The van der Waals surface area contributed by atoms with Crippen LogP contribution >= 0.6 is 22.6 Å². The third-order valence-electron chi connectivity index (χ3n) is 5.88. The van der Waals surface area contributed by atoms with Crippen LogP contribution in [0.1, 0.15) is 52.4 Å². The lowest BCUT2D eigenvalue weighted by atomic mass is 9.89. The molecule has 0 bridgehead atoms. The van der Waals surface area contributed by atoms with Gasteiger partial charge in [0.15, 0.2) is 0 Å². The Kier molecular flexibility index (Phi) is 7.38. The quantitative estimate of drug-likeness (QED) is 0.319. The molecule has 2 aromatic rings. The standard InChI is InChI=1S/C25H28IN3O3/c1-14-9-15(2)22(10-21(14)24(28)16(3)23(27)13-32-17(4)30)25(31)29-11-19(12-29)18-5-7-20(26)8-6-18/h5-10,19,27H,11-13,28H2,1-4H3/b24-16-,27-23?. The summed E-state index contributed by atoms with van der Waals surface area (Å²) in [4.78, 5) is 26.1. The van der Waals surface area contributed by atoms with E-state index in [0.717, 1.165) is 16.7 Å². The summed E-state index contributed by atoms with van der Waals surface area (Å²) in [5, 5.41) is 8.15. The molecule has 0 atom stereocenters.